The Morgan fingerprint density at radius 2 is 2.50 bits per heavy atom. The zero-order valence-electron chi connectivity index (χ0n) is 8.42. The van der Waals surface area contributed by atoms with Crippen LogP contribution in [0.4, 0.5) is 0 Å². The average Bonchev–Trinajstić information content (AvgIpc) is 2.02. The van der Waals surface area contributed by atoms with Crippen LogP contribution >= 0.6 is 23.4 Å². The van der Waals surface area contributed by atoms with Crippen molar-refractivity contribution in [1.29, 1.82) is 0 Å². The van der Waals surface area contributed by atoms with Crippen molar-refractivity contribution in [3.8, 4) is 0 Å². The molecule has 2 atom stereocenters. The summed E-state index contributed by atoms with van der Waals surface area (Å²) in [5.41, 5.74) is 0. The van der Waals surface area contributed by atoms with Crippen LogP contribution in [0.5, 0.6) is 0 Å². The molecule has 2 unspecified atom stereocenters. The minimum absolute atomic E-state index is 0.127. The first-order valence-corrected chi connectivity index (χ1v) is 6.28. The summed E-state index contributed by atoms with van der Waals surface area (Å²) >= 11 is 7.18. The van der Waals surface area contributed by atoms with Gasteiger partial charge in [0.15, 0.2) is 0 Å². The summed E-state index contributed by atoms with van der Waals surface area (Å²) in [4.78, 5) is 11.2. The molecule has 0 bridgehead atoms. The number of thioether (sulfide) groups is 1. The van der Waals surface area contributed by atoms with Crippen LogP contribution in [0.2, 0.25) is 0 Å². The van der Waals surface area contributed by atoms with Crippen LogP contribution in [-0.2, 0) is 14.3 Å². The molecule has 0 saturated carbocycles. The zero-order valence-corrected chi connectivity index (χ0v) is 9.99. The Bertz CT molecular complexity index is 212. The average molecular weight is 239 g/mol. The van der Waals surface area contributed by atoms with Crippen LogP contribution in [-0.4, -0.2) is 35.2 Å². The van der Waals surface area contributed by atoms with Crippen LogP contribution < -0.4 is 0 Å². The van der Waals surface area contributed by atoms with Gasteiger partial charge < -0.3 is 9.47 Å². The van der Waals surface area contributed by atoms with E-state index in [9.17, 15) is 4.79 Å². The molecule has 14 heavy (non-hydrogen) atoms. The quantitative estimate of drug-likeness (QED) is 0.557. The van der Waals surface area contributed by atoms with Crippen LogP contribution in [0.25, 0.3) is 0 Å². The number of carbonyl (C=O) groups excluding carboxylic acids is 1. The van der Waals surface area contributed by atoms with Gasteiger partial charge in [0.1, 0.15) is 0 Å². The number of halogens is 1. The Hall–Kier alpha value is 0.0700. The molecule has 0 N–H and O–H groups in total. The van der Waals surface area contributed by atoms with Gasteiger partial charge in [0, 0.05) is 18.6 Å². The predicted octanol–water partition coefficient (Wildman–Crippen LogP) is 2.03. The van der Waals surface area contributed by atoms with Gasteiger partial charge in [0.2, 0.25) is 5.79 Å². The van der Waals surface area contributed by atoms with Gasteiger partial charge in [-0.2, -0.15) is 11.8 Å². The first-order valence-electron chi connectivity index (χ1n) is 4.59. The zero-order chi connectivity index (χ0) is 10.6. The first kappa shape index (κ1) is 12.1. The Kier molecular flexibility index (Phi) is 4.54. The first-order chi connectivity index (χ1) is 6.56. The number of esters is 1. The number of carbonyl (C=O) groups is 1. The molecule has 0 aromatic rings. The molecule has 0 radical (unpaired) electrons. The Balaban J connectivity index is 2.43. The highest BCUT2D eigenvalue weighted by Gasteiger charge is 2.35. The molecule has 1 fully saturated rings. The third-order valence-corrected chi connectivity index (χ3v) is 3.42. The molecular weight excluding hydrogens is 224 g/mol. The van der Waals surface area contributed by atoms with Crippen molar-refractivity contribution in [2.24, 2.45) is 0 Å². The maximum atomic E-state index is 11.2. The topological polar surface area (TPSA) is 35.5 Å². The fraction of sp³-hybridized carbons (Fsp3) is 0.889. The summed E-state index contributed by atoms with van der Waals surface area (Å²) in [6, 6.07) is 0. The second kappa shape index (κ2) is 5.24. The summed E-state index contributed by atoms with van der Waals surface area (Å²) in [5, 5.41) is 0. The largest absolute Gasteiger partial charge is 0.432 e. The molecule has 1 aliphatic rings. The Labute approximate surface area is 93.5 Å². The molecule has 1 heterocycles. The van der Waals surface area contributed by atoms with Gasteiger partial charge in [0.05, 0.1) is 18.3 Å². The maximum Gasteiger partial charge on any atom is 0.309 e. The molecule has 0 amide bonds. The van der Waals surface area contributed by atoms with E-state index in [1.807, 2.05) is 6.92 Å². The second-order valence-electron chi connectivity index (χ2n) is 3.49. The van der Waals surface area contributed by atoms with Crippen LogP contribution in [0.1, 0.15) is 20.3 Å². The third-order valence-electron chi connectivity index (χ3n) is 1.80. The Morgan fingerprint density at radius 1 is 1.79 bits per heavy atom. The lowest BCUT2D eigenvalue weighted by Gasteiger charge is -2.36. The van der Waals surface area contributed by atoms with Gasteiger partial charge in [0.25, 0.3) is 0 Å². The van der Waals surface area contributed by atoms with Gasteiger partial charge in [-0.05, 0) is 6.92 Å². The number of rotatable bonds is 3. The second-order valence-corrected chi connectivity index (χ2v) is 4.90. The Morgan fingerprint density at radius 3 is 3.07 bits per heavy atom. The van der Waals surface area contributed by atoms with Crippen molar-refractivity contribution >= 4 is 29.3 Å². The normalized spacial score (nSPS) is 32.6. The number of alkyl halides is 1. The summed E-state index contributed by atoms with van der Waals surface area (Å²) in [7, 11) is 0. The molecule has 1 rings (SSSR count). The van der Waals surface area contributed by atoms with Crippen LogP contribution in [0.15, 0.2) is 0 Å². The monoisotopic (exact) mass is 238 g/mol. The van der Waals surface area contributed by atoms with E-state index < -0.39 is 5.79 Å². The molecule has 1 aliphatic heterocycles. The van der Waals surface area contributed by atoms with Gasteiger partial charge in [-0.1, -0.05) is 0 Å². The number of ether oxygens (including phenoxy) is 2. The van der Waals surface area contributed by atoms with E-state index in [2.05, 4.69) is 0 Å². The summed E-state index contributed by atoms with van der Waals surface area (Å²) in [5.74, 6) is 0.856. The van der Waals surface area contributed by atoms with Crippen LogP contribution in [0, 0.1) is 0 Å². The highest BCUT2D eigenvalue weighted by Crippen LogP contribution is 2.28. The molecule has 0 aliphatic carbocycles. The predicted molar refractivity (Wildman–Crippen MR) is 57.7 cm³/mol. The van der Waals surface area contributed by atoms with Crippen LogP contribution in [0.3, 0.4) is 0 Å². The van der Waals surface area contributed by atoms with Gasteiger partial charge in [-0.3, -0.25) is 4.79 Å². The van der Waals surface area contributed by atoms with Crippen molar-refractivity contribution in [3.63, 3.8) is 0 Å². The van der Waals surface area contributed by atoms with E-state index in [4.69, 9.17) is 21.1 Å². The highest BCUT2D eigenvalue weighted by atomic mass is 35.5. The van der Waals surface area contributed by atoms with Crippen molar-refractivity contribution in [2.75, 3.05) is 17.4 Å². The minimum atomic E-state index is -0.772. The molecule has 1 saturated heterocycles. The van der Waals surface area contributed by atoms with Gasteiger partial charge in [-0.15, -0.1) is 11.6 Å². The molecule has 0 spiro atoms. The lowest BCUT2D eigenvalue weighted by atomic mass is 10.3. The van der Waals surface area contributed by atoms with Crippen molar-refractivity contribution in [3.05, 3.63) is 0 Å². The number of hydrogen-bond acceptors (Lipinski definition) is 4. The van der Waals surface area contributed by atoms with Gasteiger partial charge >= 0.3 is 5.97 Å². The molecule has 0 aromatic carbocycles. The fourth-order valence-electron chi connectivity index (χ4n) is 1.33. The van der Waals surface area contributed by atoms with Crippen molar-refractivity contribution in [2.45, 2.75) is 32.2 Å². The standard InChI is InChI=1S/C9H15ClO3S/c1-7-5-14-6-9(2,12-7)13-8(11)3-4-10/h7H,3-6H2,1-2H3. The summed E-state index contributed by atoms with van der Waals surface area (Å²) in [6.07, 6.45) is 0.363. The van der Waals surface area contributed by atoms with E-state index in [-0.39, 0.29) is 24.4 Å². The molecule has 3 nitrogen and oxygen atoms in total. The lowest BCUT2D eigenvalue weighted by molar-refractivity contribution is -0.226. The van der Waals surface area contributed by atoms with E-state index >= 15 is 0 Å². The number of hydrogen-bond donors (Lipinski definition) is 0. The molecule has 5 heteroatoms. The van der Waals surface area contributed by atoms with E-state index in [1.54, 1.807) is 18.7 Å². The van der Waals surface area contributed by atoms with E-state index in [1.165, 1.54) is 0 Å². The van der Waals surface area contributed by atoms with Crippen molar-refractivity contribution < 1.29 is 14.3 Å². The maximum absolute atomic E-state index is 11.2. The minimum Gasteiger partial charge on any atom is -0.432 e. The molecule has 82 valence electrons. The summed E-state index contributed by atoms with van der Waals surface area (Å²) in [6.45, 7) is 3.77. The van der Waals surface area contributed by atoms with Gasteiger partial charge in [-0.25, -0.2) is 0 Å². The van der Waals surface area contributed by atoms with E-state index in [0.717, 1.165) is 5.75 Å². The summed E-state index contributed by atoms with van der Waals surface area (Å²) < 4.78 is 10.8. The molecular formula is C9H15ClO3S. The van der Waals surface area contributed by atoms with E-state index in [0.29, 0.717) is 5.75 Å². The lowest BCUT2D eigenvalue weighted by Crippen LogP contribution is -2.44. The third kappa shape index (κ3) is 3.67. The fourth-order valence-corrected chi connectivity index (χ4v) is 2.50. The smallest absolute Gasteiger partial charge is 0.309 e. The van der Waals surface area contributed by atoms with Crippen molar-refractivity contribution in [1.82, 2.24) is 0 Å². The highest BCUT2D eigenvalue weighted by molar-refractivity contribution is 7.99. The molecule has 0 aromatic heterocycles. The SMILES string of the molecule is CC1CSCC(C)(OC(=O)CCCl)O1.